The molecule has 0 aliphatic heterocycles. The molecule has 0 radical (unpaired) electrons. The molecule has 0 saturated heterocycles. The van der Waals surface area contributed by atoms with Crippen molar-refractivity contribution in [2.45, 2.75) is 71.9 Å². The van der Waals surface area contributed by atoms with Crippen molar-refractivity contribution in [3.63, 3.8) is 0 Å². The second-order valence-corrected chi connectivity index (χ2v) is 7.57. The first-order valence-corrected chi connectivity index (χ1v) is 8.28. The zero-order valence-corrected chi connectivity index (χ0v) is 13.7. The van der Waals surface area contributed by atoms with Crippen LogP contribution in [0, 0.1) is 11.3 Å². The highest BCUT2D eigenvalue weighted by molar-refractivity contribution is 5.18. The predicted molar refractivity (Wildman–Crippen MR) is 87.8 cm³/mol. The SMILES string of the molecule is C[C@@H](NC1CCCC(C(C)(C)C)CC1)c1ccccc1. The molecule has 20 heavy (non-hydrogen) atoms. The third-order valence-corrected chi connectivity index (χ3v) is 4.98. The van der Waals surface area contributed by atoms with Crippen LogP contribution in [0.25, 0.3) is 0 Å². The Hall–Kier alpha value is -0.820. The molecule has 1 heteroatoms. The maximum absolute atomic E-state index is 3.85. The fraction of sp³-hybridized carbons (Fsp3) is 0.684. The summed E-state index contributed by atoms with van der Waals surface area (Å²) in [5.41, 5.74) is 1.88. The van der Waals surface area contributed by atoms with E-state index in [9.17, 15) is 0 Å². The van der Waals surface area contributed by atoms with E-state index in [1.807, 2.05) is 0 Å². The predicted octanol–water partition coefficient (Wildman–Crippen LogP) is 5.33. The highest BCUT2D eigenvalue weighted by atomic mass is 14.9. The van der Waals surface area contributed by atoms with Crippen LogP contribution in [-0.2, 0) is 0 Å². The van der Waals surface area contributed by atoms with Crippen molar-refractivity contribution in [1.29, 1.82) is 0 Å². The highest BCUT2D eigenvalue weighted by Gasteiger charge is 2.28. The van der Waals surface area contributed by atoms with Gasteiger partial charge in [0.15, 0.2) is 0 Å². The summed E-state index contributed by atoms with van der Waals surface area (Å²) in [5, 5.41) is 3.85. The lowest BCUT2D eigenvalue weighted by Gasteiger charge is -2.30. The first kappa shape index (κ1) is 15.6. The van der Waals surface area contributed by atoms with Crippen LogP contribution in [0.15, 0.2) is 30.3 Å². The van der Waals surface area contributed by atoms with Crippen LogP contribution in [0.3, 0.4) is 0 Å². The lowest BCUT2D eigenvalue weighted by atomic mass is 9.76. The fourth-order valence-electron chi connectivity index (χ4n) is 3.53. The van der Waals surface area contributed by atoms with Gasteiger partial charge in [-0.1, -0.05) is 57.5 Å². The number of hydrogen-bond donors (Lipinski definition) is 1. The number of hydrogen-bond acceptors (Lipinski definition) is 1. The van der Waals surface area contributed by atoms with Crippen molar-refractivity contribution in [3.8, 4) is 0 Å². The lowest BCUT2D eigenvalue weighted by molar-refractivity contribution is 0.213. The molecule has 1 aromatic rings. The van der Waals surface area contributed by atoms with Crippen LogP contribution < -0.4 is 5.32 Å². The van der Waals surface area contributed by atoms with Gasteiger partial charge in [0.05, 0.1) is 0 Å². The van der Waals surface area contributed by atoms with Crippen LogP contribution in [0.2, 0.25) is 0 Å². The van der Waals surface area contributed by atoms with Gasteiger partial charge in [-0.2, -0.15) is 0 Å². The Labute approximate surface area is 125 Å². The fourth-order valence-corrected chi connectivity index (χ4v) is 3.53. The molecule has 2 unspecified atom stereocenters. The van der Waals surface area contributed by atoms with Crippen molar-refractivity contribution in [2.75, 3.05) is 0 Å². The largest absolute Gasteiger partial charge is 0.307 e. The third-order valence-electron chi connectivity index (χ3n) is 4.98. The van der Waals surface area contributed by atoms with Gasteiger partial charge in [-0.15, -0.1) is 0 Å². The molecule has 1 N–H and O–H groups in total. The van der Waals surface area contributed by atoms with Gasteiger partial charge in [0.25, 0.3) is 0 Å². The minimum atomic E-state index is 0.465. The molecule has 0 aromatic heterocycles. The maximum atomic E-state index is 3.85. The van der Waals surface area contributed by atoms with Gasteiger partial charge in [0.1, 0.15) is 0 Å². The van der Waals surface area contributed by atoms with Gasteiger partial charge in [-0.3, -0.25) is 0 Å². The van der Waals surface area contributed by atoms with Crippen molar-refractivity contribution in [1.82, 2.24) is 5.32 Å². The molecule has 1 fully saturated rings. The zero-order chi connectivity index (χ0) is 14.6. The third kappa shape index (κ3) is 4.34. The summed E-state index contributed by atoms with van der Waals surface area (Å²) in [4.78, 5) is 0. The molecule has 1 saturated carbocycles. The van der Waals surface area contributed by atoms with Gasteiger partial charge in [0, 0.05) is 12.1 Å². The van der Waals surface area contributed by atoms with E-state index < -0.39 is 0 Å². The lowest BCUT2D eigenvalue weighted by Crippen LogP contribution is -2.31. The van der Waals surface area contributed by atoms with Gasteiger partial charge >= 0.3 is 0 Å². The van der Waals surface area contributed by atoms with E-state index in [1.165, 1.54) is 37.7 Å². The Bertz CT molecular complexity index is 390. The molecule has 0 spiro atoms. The highest BCUT2D eigenvalue weighted by Crippen LogP contribution is 2.37. The van der Waals surface area contributed by atoms with Crippen molar-refractivity contribution < 1.29 is 0 Å². The summed E-state index contributed by atoms with van der Waals surface area (Å²) >= 11 is 0. The molecular formula is C19H31N. The second-order valence-electron chi connectivity index (χ2n) is 7.57. The summed E-state index contributed by atoms with van der Waals surface area (Å²) in [7, 11) is 0. The summed E-state index contributed by atoms with van der Waals surface area (Å²) in [6.45, 7) is 9.50. The molecule has 0 bridgehead atoms. The first-order chi connectivity index (χ1) is 9.47. The van der Waals surface area contributed by atoms with E-state index in [2.05, 4.69) is 63.3 Å². The Balaban J connectivity index is 1.88. The van der Waals surface area contributed by atoms with E-state index >= 15 is 0 Å². The van der Waals surface area contributed by atoms with Gasteiger partial charge in [-0.05, 0) is 49.5 Å². The summed E-state index contributed by atoms with van der Waals surface area (Å²) in [6.07, 6.45) is 6.83. The van der Waals surface area contributed by atoms with Gasteiger partial charge < -0.3 is 5.32 Å². The van der Waals surface area contributed by atoms with E-state index in [4.69, 9.17) is 0 Å². The van der Waals surface area contributed by atoms with E-state index in [0.29, 0.717) is 17.5 Å². The van der Waals surface area contributed by atoms with E-state index in [0.717, 1.165) is 5.92 Å². The number of nitrogens with one attached hydrogen (secondary N) is 1. The molecule has 1 nitrogen and oxygen atoms in total. The normalized spacial score (nSPS) is 26.0. The summed E-state index contributed by atoms with van der Waals surface area (Å²) < 4.78 is 0. The zero-order valence-electron chi connectivity index (χ0n) is 13.7. The number of benzene rings is 1. The minimum Gasteiger partial charge on any atom is -0.307 e. The molecular weight excluding hydrogens is 242 g/mol. The molecule has 1 aliphatic carbocycles. The minimum absolute atomic E-state index is 0.465. The van der Waals surface area contributed by atoms with Crippen molar-refractivity contribution in [3.05, 3.63) is 35.9 Å². The Morgan fingerprint density at radius 2 is 1.70 bits per heavy atom. The first-order valence-electron chi connectivity index (χ1n) is 8.28. The van der Waals surface area contributed by atoms with Crippen LogP contribution in [0.5, 0.6) is 0 Å². The standard InChI is InChI=1S/C19H31N/c1-15(16-9-6-5-7-10-16)20-18-12-8-11-17(13-14-18)19(2,3)4/h5-7,9-10,15,17-18,20H,8,11-14H2,1-4H3/t15-,17?,18?/m1/s1. The van der Waals surface area contributed by atoms with Crippen LogP contribution in [0.1, 0.15) is 71.4 Å². The molecule has 0 amide bonds. The van der Waals surface area contributed by atoms with Crippen molar-refractivity contribution >= 4 is 0 Å². The van der Waals surface area contributed by atoms with Crippen LogP contribution in [-0.4, -0.2) is 6.04 Å². The van der Waals surface area contributed by atoms with E-state index in [-0.39, 0.29) is 0 Å². The smallest absolute Gasteiger partial charge is 0.0294 e. The average Bonchev–Trinajstić information content (AvgIpc) is 2.65. The van der Waals surface area contributed by atoms with Crippen molar-refractivity contribution in [2.24, 2.45) is 11.3 Å². The molecule has 3 atom stereocenters. The maximum Gasteiger partial charge on any atom is 0.0294 e. The Morgan fingerprint density at radius 3 is 2.35 bits per heavy atom. The quantitative estimate of drug-likeness (QED) is 0.734. The van der Waals surface area contributed by atoms with Gasteiger partial charge in [-0.25, -0.2) is 0 Å². The molecule has 1 aliphatic rings. The molecule has 2 rings (SSSR count). The Morgan fingerprint density at radius 1 is 1.00 bits per heavy atom. The molecule has 1 aromatic carbocycles. The van der Waals surface area contributed by atoms with Gasteiger partial charge in [0.2, 0.25) is 0 Å². The van der Waals surface area contributed by atoms with E-state index in [1.54, 1.807) is 0 Å². The van der Waals surface area contributed by atoms with Crippen LogP contribution in [0.4, 0.5) is 0 Å². The molecule has 0 heterocycles. The van der Waals surface area contributed by atoms with Crippen LogP contribution >= 0.6 is 0 Å². The Kier molecular flexibility index (Phi) is 5.26. The number of rotatable bonds is 3. The topological polar surface area (TPSA) is 12.0 Å². The summed E-state index contributed by atoms with van der Waals surface area (Å²) in [6, 6.07) is 12.0. The second kappa shape index (κ2) is 6.76. The molecule has 112 valence electrons. The monoisotopic (exact) mass is 273 g/mol. The summed E-state index contributed by atoms with van der Waals surface area (Å²) in [5.74, 6) is 0.890. The average molecular weight is 273 g/mol.